The summed E-state index contributed by atoms with van der Waals surface area (Å²) < 4.78 is 17.2. The fraction of sp³-hybridized carbons (Fsp3) is 0.143. The van der Waals surface area contributed by atoms with Crippen molar-refractivity contribution in [3.63, 3.8) is 0 Å². The maximum absolute atomic E-state index is 10.8. The highest BCUT2D eigenvalue weighted by Crippen LogP contribution is 2.42. The summed E-state index contributed by atoms with van der Waals surface area (Å²) in [7, 11) is -1.89. The molecule has 0 spiro atoms. The van der Waals surface area contributed by atoms with Gasteiger partial charge in [-0.2, -0.15) is 0 Å². The minimum absolute atomic E-state index is 0.0464. The molecular weight excluding hydrogens is 469 g/mol. The first-order valence-corrected chi connectivity index (χ1v) is 10.8. The second-order valence-electron chi connectivity index (χ2n) is 6.81. The molecule has 0 aliphatic rings. The third-order valence-corrected chi connectivity index (χ3v) is 5.47. The molecule has 12 nitrogen and oxygen atoms in total. The van der Waals surface area contributed by atoms with E-state index in [0.29, 0.717) is 16.7 Å². The third kappa shape index (κ3) is 7.36. The van der Waals surface area contributed by atoms with E-state index < -0.39 is 23.4 Å². The van der Waals surface area contributed by atoms with Crippen molar-refractivity contribution in [3.8, 4) is 0 Å². The van der Waals surface area contributed by atoms with Crippen molar-refractivity contribution in [2.24, 2.45) is 0 Å². The highest BCUT2D eigenvalue weighted by atomic mass is 31.2. The van der Waals surface area contributed by atoms with Crippen LogP contribution in [0.1, 0.15) is 16.7 Å². The number of benzene rings is 3. The summed E-state index contributed by atoms with van der Waals surface area (Å²) in [6, 6.07) is 17.5. The van der Waals surface area contributed by atoms with E-state index >= 15 is 0 Å². The molecular formula is C21H18N3O9P. The van der Waals surface area contributed by atoms with Crippen LogP contribution in [0.15, 0.2) is 72.8 Å². The fourth-order valence-corrected chi connectivity index (χ4v) is 3.62. The number of nitro benzene ring substituents is 3. The Balaban J connectivity index is 1.63. The lowest BCUT2D eigenvalue weighted by atomic mass is 10.2. The van der Waals surface area contributed by atoms with Crippen LogP contribution in [0.2, 0.25) is 0 Å². The van der Waals surface area contributed by atoms with Gasteiger partial charge in [-0.1, -0.05) is 0 Å². The van der Waals surface area contributed by atoms with Gasteiger partial charge in [0.2, 0.25) is 0 Å². The minimum atomic E-state index is -1.89. The SMILES string of the molecule is O=[N+]([O-])c1ccc(COP(OCc2ccc([N+](=O)[O-])cc2)OCc2ccc([N+](=O)[O-])cc2)cc1. The van der Waals surface area contributed by atoms with Gasteiger partial charge in [0.15, 0.2) is 0 Å². The van der Waals surface area contributed by atoms with Crippen LogP contribution in [0.4, 0.5) is 17.1 Å². The molecule has 34 heavy (non-hydrogen) atoms. The van der Waals surface area contributed by atoms with Gasteiger partial charge in [0.25, 0.3) is 17.1 Å². The topological polar surface area (TPSA) is 157 Å². The Morgan fingerprint density at radius 2 is 0.735 bits per heavy atom. The molecule has 13 heteroatoms. The van der Waals surface area contributed by atoms with Gasteiger partial charge in [-0.05, 0) is 53.1 Å². The smallest absolute Gasteiger partial charge is 0.307 e. The van der Waals surface area contributed by atoms with Gasteiger partial charge in [-0.3, -0.25) is 30.3 Å². The first-order valence-electron chi connectivity index (χ1n) is 9.70. The number of hydrogen-bond acceptors (Lipinski definition) is 9. The van der Waals surface area contributed by atoms with Gasteiger partial charge < -0.3 is 13.6 Å². The second kappa shape index (κ2) is 11.9. The van der Waals surface area contributed by atoms with Crippen molar-refractivity contribution in [3.05, 3.63) is 120 Å². The molecule has 0 unspecified atom stereocenters. The number of nitrogens with zero attached hydrogens (tertiary/aromatic N) is 3. The van der Waals surface area contributed by atoms with Crippen LogP contribution >= 0.6 is 8.60 Å². The predicted octanol–water partition coefficient (Wildman–Crippen LogP) is 5.59. The maximum Gasteiger partial charge on any atom is 0.333 e. The summed E-state index contributed by atoms with van der Waals surface area (Å²) in [5.74, 6) is 0. The normalized spacial score (nSPS) is 10.9. The third-order valence-electron chi connectivity index (χ3n) is 4.45. The van der Waals surface area contributed by atoms with E-state index in [1.54, 1.807) is 36.4 Å². The van der Waals surface area contributed by atoms with Gasteiger partial charge in [0.05, 0.1) is 34.6 Å². The monoisotopic (exact) mass is 487 g/mol. The van der Waals surface area contributed by atoms with E-state index in [9.17, 15) is 30.3 Å². The molecule has 0 aromatic heterocycles. The molecule has 0 heterocycles. The standard InChI is InChI=1S/C21H18N3O9P/c25-22(26)19-7-1-16(2-8-19)13-31-34(32-14-17-3-9-20(10-4-17)23(27)28)33-15-18-5-11-21(12-6-18)24(29)30/h1-12H,13-15H2. The average Bonchev–Trinajstić information content (AvgIpc) is 2.84. The molecule has 0 fully saturated rings. The molecule has 0 saturated heterocycles. The van der Waals surface area contributed by atoms with Crippen LogP contribution < -0.4 is 0 Å². The predicted molar refractivity (Wildman–Crippen MR) is 121 cm³/mol. The molecule has 0 bridgehead atoms. The Morgan fingerprint density at radius 3 is 0.941 bits per heavy atom. The average molecular weight is 487 g/mol. The summed E-state index contributed by atoms with van der Waals surface area (Å²) in [5.41, 5.74) is 1.85. The molecule has 0 radical (unpaired) electrons. The van der Waals surface area contributed by atoms with Crippen LogP contribution in [-0.4, -0.2) is 14.8 Å². The lowest BCUT2D eigenvalue weighted by Crippen LogP contribution is -1.99. The number of nitro groups is 3. The molecule has 0 saturated carbocycles. The molecule has 0 aliphatic carbocycles. The first kappa shape index (κ1) is 24.8. The van der Waals surface area contributed by atoms with Crippen LogP contribution in [0.5, 0.6) is 0 Å². The molecule has 0 atom stereocenters. The van der Waals surface area contributed by atoms with Crippen LogP contribution in [0.3, 0.4) is 0 Å². The van der Waals surface area contributed by atoms with E-state index in [4.69, 9.17) is 13.6 Å². The summed E-state index contributed by atoms with van der Waals surface area (Å²) in [6.45, 7) is 0.179. The van der Waals surface area contributed by atoms with Crippen molar-refractivity contribution in [1.29, 1.82) is 0 Å². The Bertz CT molecular complexity index is 993. The summed E-state index contributed by atoms with van der Waals surface area (Å²) in [6.07, 6.45) is 0. The lowest BCUT2D eigenvalue weighted by Gasteiger charge is -2.17. The molecule has 176 valence electrons. The molecule has 0 aliphatic heterocycles. The molecule has 3 aromatic carbocycles. The van der Waals surface area contributed by atoms with Crippen LogP contribution in [0.25, 0.3) is 0 Å². The van der Waals surface area contributed by atoms with E-state index in [0.717, 1.165) is 0 Å². The Hall–Kier alpha value is -3.83. The Morgan fingerprint density at radius 1 is 0.500 bits per heavy atom. The second-order valence-corrected chi connectivity index (χ2v) is 8.04. The zero-order valence-electron chi connectivity index (χ0n) is 17.5. The highest BCUT2D eigenvalue weighted by Gasteiger charge is 2.16. The summed E-state index contributed by atoms with van der Waals surface area (Å²) in [4.78, 5) is 30.9. The largest absolute Gasteiger partial charge is 0.333 e. The van der Waals surface area contributed by atoms with Crippen molar-refractivity contribution in [2.75, 3.05) is 0 Å². The fourth-order valence-electron chi connectivity index (χ4n) is 2.64. The van der Waals surface area contributed by atoms with Gasteiger partial charge in [-0.15, -0.1) is 0 Å². The Labute approximate surface area is 194 Å². The van der Waals surface area contributed by atoms with Gasteiger partial charge >= 0.3 is 8.60 Å². The van der Waals surface area contributed by atoms with Gasteiger partial charge in [0.1, 0.15) is 0 Å². The van der Waals surface area contributed by atoms with Gasteiger partial charge in [0, 0.05) is 36.4 Å². The molecule has 3 rings (SSSR count). The highest BCUT2D eigenvalue weighted by molar-refractivity contribution is 7.41. The zero-order valence-corrected chi connectivity index (χ0v) is 18.4. The lowest BCUT2D eigenvalue weighted by molar-refractivity contribution is -0.385. The van der Waals surface area contributed by atoms with E-state index in [2.05, 4.69) is 0 Å². The summed E-state index contributed by atoms with van der Waals surface area (Å²) >= 11 is 0. The minimum Gasteiger partial charge on any atom is -0.307 e. The Kier molecular flexibility index (Phi) is 8.66. The zero-order chi connectivity index (χ0) is 24.5. The van der Waals surface area contributed by atoms with Crippen molar-refractivity contribution >= 4 is 25.7 Å². The van der Waals surface area contributed by atoms with Crippen molar-refractivity contribution in [2.45, 2.75) is 19.8 Å². The van der Waals surface area contributed by atoms with E-state index in [1.807, 2.05) is 0 Å². The van der Waals surface area contributed by atoms with E-state index in [1.165, 1.54) is 36.4 Å². The number of hydrogen-bond donors (Lipinski definition) is 0. The summed E-state index contributed by atoms with van der Waals surface area (Å²) in [5, 5.41) is 32.4. The quantitative estimate of drug-likeness (QED) is 0.180. The molecule has 0 amide bonds. The van der Waals surface area contributed by atoms with Crippen LogP contribution in [-0.2, 0) is 33.4 Å². The van der Waals surface area contributed by atoms with Crippen molar-refractivity contribution in [1.82, 2.24) is 0 Å². The number of non-ortho nitro benzene ring substituents is 3. The molecule has 0 N–H and O–H groups in total. The maximum atomic E-state index is 10.8. The molecule has 3 aromatic rings. The van der Waals surface area contributed by atoms with E-state index in [-0.39, 0.29) is 36.9 Å². The van der Waals surface area contributed by atoms with Crippen LogP contribution in [0, 0.1) is 30.3 Å². The first-order chi connectivity index (χ1) is 16.3. The van der Waals surface area contributed by atoms with Gasteiger partial charge in [-0.25, -0.2) is 0 Å². The number of rotatable bonds is 12. The van der Waals surface area contributed by atoms with Crippen molar-refractivity contribution < 1.29 is 28.3 Å².